The highest BCUT2D eigenvalue weighted by molar-refractivity contribution is 7.20. The van der Waals surface area contributed by atoms with E-state index in [-0.39, 0.29) is 30.7 Å². The average Bonchev–Trinajstić information content (AvgIpc) is 3.24. The number of nitrogens with one attached hydrogen (secondary N) is 1. The van der Waals surface area contributed by atoms with Crippen molar-refractivity contribution in [3.8, 4) is 9.88 Å². The second-order valence-electron chi connectivity index (χ2n) is 5.87. The fourth-order valence-corrected chi connectivity index (χ4v) is 4.66. The van der Waals surface area contributed by atoms with Gasteiger partial charge in [0, 0.05) is 18.0 Å². The molecule has 0 aromatic carbocycles. The Balaban J connectivity index is 0.00000156. The molecule has 0 radical (unpaired) electrons. The lowest BCUT2D eigenvalue weighted by molar-refractivity contribution is -0.133. The Kier molecular flexibility index (Phi) is 9.97. The van der Waals surface area contributed by atoms with Gasteiger partial charge in [-0.25, -0.2) is 4.98 Å². The zero-order chi connectivity index (χ0) is 16.1. The van der Waals surface area contributed by atoms with Crippen molar-refractivity contribution in [2.24, 2.45) is 0 Å². The smallest absolute Gasteiger partial charge is 0.228 e. The van der Waals surface area contributed by atoms with Crippen molar-refractivity contribution in [3.63, 3.8) is 0 Å². The molecule has 1 N–H and O–H groups in total. The summed E-state index contributed by atoms with van der Waals surface area (Å²) in [6.07, 6.45) is 3.55. The van der Waals surface area contributed by atoms with Gasteiger partial charge in [-0.15, -0.1) is 47.5 Å². The first-order valence-electron chi connectivity index (χ1n) is 8.26. The number of aromatic nitrogens is 1. The van der Waals surface area contributed by atoms with Gasteiger partial charge in [0.1, 0.15) is 5.01 Å². The zero-order valence-electron chi connectivity index (χ0n) is 14.3. The van der Waals surface area contributed by atoms with Gasteiger partial charge in [-0.3, -0.25) is 4.79 Å². The summed E-state index contributed by atoms with van der Waals surface area (Å²) < 4.78 is 0. The predicted molar refractivity (Wildman–Crippen MR) is 112 cm³/mol. The third-order valence-corrected chi connectivity index (χ3v) is 6.08. The summed E-state index contributed by atoms with van der Waals surface area (Å²) >= 11 is 3.32. The molecule has 0 saturated carbocycles. The summed E-state index contributed by atoms with van der Waals surface area (Å²) in [6.45, 7) is 5.01. The molecule has 2 aromatic heterocycles. The van der Waals surface area contributed by atoms with Crippen molar-refractivity contribution < 1.29 is 4.79 Å². The fourth-order valence-electron chi connectivity index (χ4n) is 3.03. The van der Waals surface area contributed by atoms with Gasteiger partial charge in [-0.05, 0) is 43.8 Å². The quantitative estimate of drug-likeness (QED) is 0.757. The number of piperidine rings is 1. The number of hydrogen-bond acceptors (Lipinski definition) is 5. The molecule has 0 bridgehead atoms. The molecule has 4 nitrogen and oxygen atoms in total. The molecule has 1 aliphatic rings. The summed E-state index contributed by atoms with van der Waals surface area (Å²) in [7, 11) is 0. The van der Waals surface area contributed by atoms with Crippen molar-refractivity contribution >= 4 is 53.4 Å². The SMILES string of the molecule is CCCN(C(=O)Cc1csc(-c2cccs2)n1)C1CCNCC1.Cl.Cl. The third kappa shape index (κ3) is 5.93. The van der Waals surface area contributed by atoms with E-state index in [1.807, 2.05) is 11.4 Å². The Hall–Kier alpha value is -0.660. The van der Waals surface area contributed by atoms with Crippen LogP contribution in [0.1, 0.15) is 31.9 Å². The monoisotopic (exact) mass is 421 g/mol. The summed E-state index contributed by atoms with van der Waals surface area (Å²) in [4.78, 5) is 20.7. The maximum atomic E-state index is 12.8. The van der Waals surface area contributed by atoms with Crippen LogP contribution in [0.5, 0.6) is 0 Å². The van der Waals surface area contributed by atoms with Gasteiger partial charge >= 0.3 is 0 Å². The Morgan fingerprint density at radius 3 is 2.72 bits per heavy atom. The van der Waals surface area contributed by atoms with E-state index in [1.165, 1.54) is 4.88 Å². The highest BCUT2D eigenvalue weighted by Gasteiger charge is 2.25. The zero-order valence-corrected chi connectivity index (χ0v) is 17.5. The van der Waals surface area contributed by atoms with Gasteiger partial charge in [-0.1, -0.05) is 13.0 Å². The standard InChI is InChI=1S/C17H23N3OS2.2ClH/c1-2-9-20(14-5-7-18-8-6-14)16(21)11-13-12-23-17(19-13)15-4-3-10-22-15;;/h3-4,10,12,14,18H,2,5-9,11H2,1H3;2*1H. The van der Waals surface area contributed by atoms with Crippen LogP contribution in [-0.4, -0.2) is 41.5 Å². The number of halogens is 2. The molecule has 1 fully saturated rings. The first-order chi connectivity index (χ1) is 11.3. The number of thiophene rings is 1. The lowest BCUT2D eigenvalue weighted by Crippen LogP contribution is -2.47. The van der Waals surface area contributed by atoms with E-state index in [1.54, 1.807) is 22.7 Å². The molecule has 8 heteroatoms. The van der Waals surface area contributed by atoms with Crippen molar-refractivity contribution in [1.29, 1.82) is 0 Å². The second kappa shape index (κ2) is 11.1. The maximum Gasteiger partial charge on any atom is 0.228 e. The highest BCUT2D eigenvalue weighted by atomic mass is 35.5. The van der Waals surface area contributed by atoms with Crippen LogP contribution in [0.25, 0.3) is 9.88 Å². The topological polar surface area (TPSA) is 45.2 Å². The molecule has 0 unspecified atom stereocenters. The Morgan fingerprint density at radius 1 is 1.32 bits per heavy atom. The minimum absolute atomic E-state index is 0. The summed E-state index contributed by atoms with van der Waals surface area (Å²) in [5, 5.41) is 8.48. The number of hydrogen-bond donors (Lipinski definition) is 1. The molecule has 3 rings (SSSR count). The molecule has 1 saturated heterocycles. The van der Waals surface area contributed by atoms with E-state index in [0.29, 0.717) is 12.5 Å². The number of thiazole rings is 1. The highest BCUT2D eigenvalue weighted by Crippen LogP contribution is 2.28. The van der Waals surface area contributed by atoms with E-state index in [9.17, 15) is 4.79 Å². The first kappa shape index (κ1) is 22.4. The molecular weight excluding hydrogens is 397 g/mol. The molecular formula is C17H25Cl2N3OS2. The molecule has 3 heterocycles. The molecule has 0 aliphatic carbocycles. The van der Waals surface area contributed by atoms with Crippen LogP contribution in [0.15, 0.2) is 22.9 Å². The Bertz CT molecular complexity index is 628. The minimum Gasteiger partial charge on any atom is -0.339 e. The van der Waals surface area contributed by atoms with Crippen molar-refractivity contribution in [2.75, 3.05) is 19.6 Å². The molecule has 1 amide bonds. The van der Waals surface area contributed by atoms with Crippen LogP contribution in [-0.2, 0) is 11.2 Å². The van der Waals surface area contributed by atoms with Crippen LogP contribution < -0.4 is 5.32 Å². The van der Waals surface area contributed by atoms with Crippen LogP contribution in [0.4, 0.5) is 0 Å². The molecule has 1 aliphatic heterocycles. The van der Waals surface area contributed by atoms with Crippen molar-refractivity contribution in [2.45, 2.75) is 38.6 Å². The Labute approximate surface area is 169 Å². The minimum atomic E-state index is 0. The van der Waals surface area contributed by atoms with Gasteiger partial charge in [0.05, 0.1) is 17.0 Å². The summed E-state index contributed by atoms with van der Waals surface area (Å²) in [5.41, 5.74) is 0.901. The van der Waals surface area contributed by atoms with Crippen LogP contribution in [0.2, 0.25) is 0 Å². The van der Waals surface area contributed by atoms with Crippen LogP contribution in [0.3, 0.4) is 0 Å². The number of nitrogens with zero attached hydrogens (tertiary/aromatic N) is 2. The Morgan fingerprint density at radius 2 is 2.08 bits per heavy atom. The van der Waals surface area contributed by atoms with Gasteiger partial charge in [-0.2, -0.15) is 0 Å². The van der Waals surface area contributed by atoms with E-state index in [0.717, 1.165) is 49.6 Å². The maximum absolute atomic E-state index is 12.8. The van der Waals surface area contributed by atoms with E-state index in [2.05, 4.69) is 33.6 Å². The van der Waals surface area contributed by atoms with E-state index in [4.69, 9.17) is 0 Å². The second-order valence-corrected chi connectivity index (χ2v) is 7.67. The molecule has 0 atom stereocenters. The lowest BCUT2D eigenvalue weighted by atomic mass is 10.0. The molecule has 25 heavy (non-hydrogen) atoms. The first-order valence-corrected chi connectivity index (χ1v) is 10.0. The van der Waals surface area contributed by atoms with Crippen LogP contribution >= 0.6 is 47.5 Å². The number of carbonyl (C=O) groups is 1. The van der Waals surface area contributed by atoms with E-state index >= 15 is 0 Å². The predicted octanol–water partition coefficient (Wildman–Crippen LogP) is 4.25. The number of rotatable bonds is 6. The summed E-state index contributed by atoms with van der Waals surface area (Å²) in [5.74, 6) is 0.224. The average molecular weight is 422 g/mol. The van der Waals surface area contributed by atoms with E-state index < -0.39 is 0 Å². The molecule has 0 spiro atoms. The largest absolute Gasteiger partial charge is 0.339 e. The van der Waals surface area contributed by atoms with Gasteiger partial charge in [0.25, 0.3) is 0 Å². The molecule has 2 aromatic rings. The van der Waals surface area contributed by atoms with Gasteiger partial charge < -0.3 is 10.2 Å². The fraction of sp³-hybridized carbons (Fsp3) is 0.529. The van der Waals surface area contributed by atoms with Crippen molar-refractivity contribution in [1.82, 2.24) is 15.2 Å². The normalized spacial score (nSPS) is 14.4. The number of carbonyl (C=O) groups excluding carboxylic acids is 1. The van der Waals surface area contributed by atoms with Gasteiger partial charge in [0.2, 0.25) is 5.91 Å². The third-order valence-electron chi connectivity index (χ3n) is 4.15. The number of amides is 1. The van der Waals surface area contributed by atoms with Gasteiger partial charge in [0.15, 0.2) is 0 Å². The van der Waals surface area contributed by atoms with Crippen molar-refractivity contribution in [3.05, 3.63) is 28.6 Å². The lowest BCUT2D eigenvalue weighted by Gasteiger charge is -2.34. The van der Waals surface area contributed by atoms with Crippen LogP contribution in [0, 0.1) is 0 Å². The summed E-state index contributed by atoms with van der Waals surface area (Å²) in [6, 6.07) is 4.50. The molecule has 140 valence electrons.